The van der Waals surface area contributed by atoms with Gasteiger partial charge in [-0.05, 0) is 65.7 Å². The first-order chi connectivity index (χ1) is 17.6. The van der Waals surface area contributed by atoms with E-state index in [1.54, 1.807) is 12.1 Å². The molecule has 0 aromatic heterocycles. The Bertz CT molecular complexity index is 1460. The molecule has 0 heterocycles. The summed E-state index contributed by atoms with van der Waals surface area (Å²) in [6, 6.07) is 16.2. The largest absolute Gasteiger partial charge is 0.482 e. The fraction of sp³-hybridized carbons (Fsp3) is 0.115. The molecule has 0 fully saturated rings. The Morgan fingerprint density at radius 3 is 2.54 bits per heavy atom. The molecule has 0 saturated carbocycles. The van der Waals surface area contributed by atoms with Crippen molar-refractivity contribution in [1.82, 2.24) is 0 Å². The topological polar surface area (TPSA) is 134 Å². The summed E-state index contributed by atoms with van der Waals surface area (Å²) in [5.74, 6) is -0.909. The number of non-ortho nitro benzene ring substituents is 1. The minimum Gasteiger partial charge on any atom is -0.482 e. The van der Waals surface area contributed by atoms with Crippen LogP contribution in [0.4, 0.5) is 17.1 Å². The minimum atomic E-state index is -0.766. The zero-order valence-corrected chi connectivity index (χ0v) is 22.8. The van der Waals surface area contributed by atoms with Crippen molar-refractivity contribution in [3.05, 3.63) is 95.9 Å². The lowest BCUT2D eigenvalue weighted by Crippen LogP contribution is -2.21. The van der Waals surface area contributed by atoms with E-state index in [2.05, 4.69) is 42.5 Å². The van der Waals surface area contributed by atoms with Crippen LogP contribution in [0, 0.1) is 35.3 Å². The van der Waals surface area contributed by atoms with Crippen molar-refractivity contribution in [1.29, 1.82) is 5.26 Å². The molecule has 0 aliphatic rings. The first-order valence-electron chi connectivity index (χ1n) is 10.7. The molecule has 3 aromatic rings. The molecule has 2 N–H and O–H groups in total. The summed E-state index contributed by atoms with van der Waals surface area (Å²) in [7, 11) is 0. The number of carbonyl (C=O) groups is 2. The first-order valence-corrected chi connectivity index (χ1v) is 12.3. The van der Waals surface area contributed by atoms with Gasteiger partial charge in [0.1, 0.15) is 17.4 Å². The van der Waals surface area contributed by atoms with Crippen molar-refractivity contribution in [2.24, 2.45) is 0 Å². The zero-order valence-electron chi connectivity index (χ0n) is 19.7. The van der Waals surface area contributed by atoms with E-state index in [4.69, 9.17) is 4.74 Å². The van der Waals surface area contributed by atoms with E-state index < -0.39 is 10.8 Å². The molecule has 0 atom stereocenters. The molecular weight excluding hydrogens is 608 g/mol. The van der Waals surface area contributed by atoms with Gasteiger partial charge in [-0.2, -0.15) is 5.26 Å². The molecule has 9 nitrogen and oxygen atoms in total. The molecule has 188 valence electrons. The maximum Gasteiger partial charge on any atom is 0.271 e. The third-order valence-corrected chi connectivity index (χ3v) is 6.07. The molecule has 11 heteroatoms. The average molecular weight is 628 g/mol. The lowest BCUT2D eigenvalue weighted by molar-refractivity contribution is -0.384. The fourth-order valence-electron chi connectivity index (χ4n) is 3.32. The maximum absolute atomic E-state index is 12.7. The third-order valence-electron chi connectivity index (χ3n) is 5.02. The summed E-state index contributed by atoms with van der Waals surface area (Å²) in [6.07, 6.45) is 1.31. The number of nitriles is 1. The van der Waals surface area contributed by atoms with Crippen LogP contribution in [-0.2, 0) is 9.59 Å². The second-order valence-corrected chi connectivity index (χ2v) is 9.66. The van der Waals surface area contributed by atoms with E-state index in [0.717, 1.165) is 11.1 Å². The second kappa shape index (κ2) is 12.3. The Balaban J connectivity index is 1.81. The van der Waals surface area contributed by atoms with E-state index in [-0.39, 0.29) is 35.2 Å². The molecule has 3 rings (SSSR count). The van der Waals surface area contributed by atoms with Crippen molar-refractivity contribution in [3.63, 3.8) is 0 Å². The number of anilines is 2. The Morgan fingerprint density at radius 1 is 1.11 bits per heavy atom. The minimum absolute atomic E-state index is 0.162. The van der Waals surface area contributed by atoms with Crippen molar-refractivity contribution in [2.45, 2.75) is 13.8 Å². The highest BCUT2D eigenvalue weighted by molar-refractivity contribution is 9.11. The molecular formula is C26H20Br2N4O5. The Labute approximate surface area is 229 Å². The van der Waals surface area contributed by atoms with Crippen molar-refractivity contribution >= 4 is 66.8 Å². The number of ether oxygens (including phenoxy) is 1. The molecule has 0 spiro atoms. The lowest BCUT2D eigenvalue weighted by atomic mass is 10.1. The molecule has 0 radical (unpaired) electrons. The van der Waals surface area contributed by atoms with Crippen LogP contribution < -0.4 is 15.4 Å². The van der Waals surface area contributed by atoms with Gasteiger partial charge in [0.25, 0.3) is 17.5 Å². The van der Waals surface area contributed by atoms with Gasteiger partial charge in [-0.3, -0.25) is 19.7 Å². The van der Waals surface area contributed by atoms with Gasteiger partial charge in [-0.1, -0.05) is 39.7 Å². The van der Waals surface area contributed by atoms with Crippen LogP contribution in [0.1, 0.15) is 16.7 Å². The monoisotopic (exact) mass is 626 g/mol. The number of nitrogens with zero attached hydrogens (tertiary/aromatic N) is 2. The molecule has 0 aliphatic carbocycles. The number of halogens is 2. The van der Waals surface area contributed by atoms with Crippen molar-refractivity contribution < 1.29 is 19.2 Å². The Kier molecular flexibility index (Phi) is 9.16. The molecule has 37 heavy (non-hydrogen) atoms. The predicted molar refractivity (Wildman–Crippen MR) is 147 cm³/mol. The summed E-state index contributed by atoms with van der Waals surface area (Å²) in [4.78, 5) is 35.7. The average Bonchev–Trinajstić information content (AvgIpc) is 2.83. The number of hydrogen-bond acceptors (Lipinski definition) is 6. The highest BCUT2D eigenvalue weighted by Crippen LogP contribution is 2.34. The quantitative estimate of drug-likeness (QED) is 0.130. The zero-order chi connectivity index (χ0) is 27.1. The summed E-state index contributed by atoms with van der Waals surface area (Å²) >= 11 is 6.76. The predicted octanol–water partition coefficient (Wildman–Crippen LogP) is 6.30. The summed E-state index contributed by atoms with van der Waals surface area (Å²) in [5, 5.41) is 25.9. The Morgan fingerprint density at radius 2 is 1.86 bits per heavy atom. The number of nitro benzene ring substituents is 1. The van der Waals surface area contributed by atoms with Crippen LogP contribution in [0.15, 0.2) is 69.1 Å². The van der Waals surface area contributed by atoms with Gasteiger partial charge in [0, 0.05) is 33.5 Å². The number of aryl methyl sites for hydroxylation is 2. The van der Waals surface area contributed by atoms with Crippen LogP contribution in [0.25, 0.3) is 6.08 Å². The number of nitrogens with one attached hydrogen (secondary N) is 2. The lowest BCUT2D eigenvalue weighted by Gasteiger charge is -2.14. The number of rotatable bonds is 8. The van der Waals surface area contributed by atoms with E-state index in [1.165, 1.54) is 30.3 Å². The molecule has 0 unspecified atom stereocenters. The molecule has 0 saturated heterocycles. The maximum atomic E-state index is 12.7. The van der Waals surface area contributed by atoms with Crippen LogP contribution in [-0.4, -0.2) is 23.3 Å². The van der Waals surface area contributed by atoms with Gasteiger partial charge < -0.3 is 15.4 Å². The van der Waals surface area contributed by atoms with Crippen LogP contribution in [0.5, 0.6) is 5.75 Å². The second-order valence-electron chi connectivity index (χ2n) is 7.89. The van der Waals surface area contributed by atoms with Crippen molar-refractivity contribution in [3.8, 4) is 11.8 Å². The molecule has 0 bridgehead atoms. The molecule has 0 aliphatic heterocycles. The standard InChI is InChI=1S/C26H20Br2N4O5/c1-15-6-7-23(16(2)8-15)31-24(33)14-37-25-17(10-19(27)11-22(25)28)9-18(13-29)26(34)30-20-4-3-5-21(12-20)32(35)36/h3-12H,14H2,1-2H3,(H,30,34)(H,31,33)/b18-9-. The van der Waals surface area contributed by atoms with E-state index in [1.807, 2.05) is 38.1 Å². The van der Waals surface area contributed by atoms with E-state index >= 15 is 0 Å². The van der Waals surface area contributed by atoms with Crippen LogP contribution >= 0.6 is 31.9 Å². The van der Waals surface area contributed by atoms with E-state index in [9.17, 15) is 25.0 Å². The number of nitro groups is 1. The van der Waals surface area contributed by atoms with Crippen LogP contribution in [0.3, 0.4) is 0 Å². The summed E-state index contributed by atoms with van der Waals surface area (Å²) in [5.41, 5.74) is 2.69. The SMILES string of the molecule is Cc1ccc(NC(=O)COc2c(Br)cc(Br)cc2/C=C(/C#N)C(=O)Nc2cccc([N+](=O)[O-])c2)c(C)c1. The van der Waals surface area contributed by atoms with Gasteiger partial charge >= 0.3 is 0 Å². The summed E-state index contributed by atoms with van der Waals surface area (Å²) < 4.78 is 6.89. The van der Waals surface area contributed by atoms with E-state index in [0.29, 0.717) is 20.2 Å². The highest BCUT2D eigenvalue weighted by atomic mass is 79.9. The van der Waals surface area contributed by atoms with Crippen molar-refractivity contribution in [2.75, 3.05) is 17.2 Å². The van der Waals surface area contributed by atoms with Gasteiger partial charge in [-0.15, -0.1) is 0 Å². The van der Waals surface area contributed by atoms with Crippen LogP contribution in [0.2, 0.25) is 0 Å². The number of hydrogen-bond donors (Lipinski definition) is 2. The normalized spacial score (nSPS) is 10.8. The highest BCUT2D eigenvalue weighted by Gasteiger charge is 2.16. The van der Waals surface area contributed by atoms with Gasteiger partial charge in [0.15, 0.2) is 6.61 Å². The number of carbonyl (C=O) groups excluding carboxylic acids is 2. The van der Waals surface area contributed by atoms with Gasteiger partial charge in [0.05, 0.1) is 9.40 Å². The smallest absolute Gasteiger partial charge is 0.271 e. The fourth-order valence-corrected chi connectivity index (χ4v) is 4.69. The first kappa shape index (κ1) is 27.6. The van der Waals surface area contributed by atoms with Gasteiger partial charge in [-0.25, -0.2) is 0 Å². The number of amides is 2. The Hall–Kier alpha value is -4.01. The number of benzene rings is 3. The molecule has 2 amide bonds. The summed E-state index contributed by atoms with van der Waals surface area (Å²) in [6.45, 7) is 3.53. The molecule has 3 aromatic carbocycles. The van der Waals surface area contributed by atoms with Gasteiger partial charge in [0.2, 0.25) is 0 Å². The third kappa shape index (κ3) is 7.49.